The van der Waals surface area contributed by atoms with Crippen LogP contribution in [0.2, 0.25) is 0 Å². The molecule has 4 aliphatic carbocycles. The maximum Gasteiger partial charge on any atom is 0.133 e. The second kappa shape index (κ2) is 6.36. The minimum absolute atomic E-state index is 0.293. The van der Waals surface area contributed by atoms with Crippen LogP contribution in [0.15, 0.2) is 0 Å². The molecule has 0 radical (unpaired) electrons. The van der Waals surface area contributed by atoms with Crippen LogP contribution in [0.1, 0.15) is 78.6 Å². The summed E-state index contributed by atoms with van der Waals surface area (Å²) in [4.78, 5) is 12.3. The van der Waals surface area contributed by atoms with Gasteiger partial charge in [-0.05, 0) is 98.7 Å². The van der Waals surface area contributed by atoms with E-state index < -0.39 is 0 Å². The van der Waals surface area contributed by atoms with E-state index in [0.717, 1.165) is 42.6 Å². The first-order valence-corrected chi connectivity index (χ1v) is 10.9. The molecule has 1 unspecified atom stereocenters. The van der Waals surface area contributed by atoms with Crippen molar-refractivity contribution in [2.45, 2.75) is 78.6 Å². The van der Waals surface area contributed by atoms with Crippen LogP contribution in [0, 0.1) is 46.3 Å². The van der Waals surface area contributed by atoms with Crippen LogP contribution < -0.4 is 0 Å². The highest BCUT2D eigenvalue weighted by molar-refractivity contribution is 5.79. The molecule has 0 spiro atoms. The molecular weight excluding hydrogens is 308 g/mol. The van der Waals surface area contributed by atoms with E-state index in [9.17, 15) is 4.79 Å². The molecule has 2 heteroatoms. The van der Waals surface area contributed by atoms with Crippen molar-refractivity contribution in [2.24, 2.45) is 46.3 Å². The lowest BCUT2D eigenvalue weighted by atomic mass is 9.42. The topological polar surface area (TPSA) is 26.3 Å². The van der Waals surface area contributed by atoms with Crippen LogP contribution in [0.25, 0.3) is 0 Å². The number of ketones is 1. The molecule has 0 aromatic rings. The SMILES string of the molecule is COCC1CCC[C@@H]2CC[C@H]3[C@@H]4CC[C@H](C(C)=O)[C@@]4(C)CC[C@@H]3[C@@]12C. The molecule has 4 aliphatic rings. The highest BCUT2D eigenvalue weighted by atomic mass is 16.5. The molecule has 2 nitrogen and oxygen atoms in total. The monoisotopic (exact) mass is 346 g/mol. The standard InChI is InChI=1S/C23H38O2/c1-15(24)19-10-11-20-18-9-8-16-6-5-7-17(14-25-4)23(16,3)21(18)12-13-22(19,20)2/h16-21H,5-14H2,1-4H3/t16-,17?,18+,19-,20+,21+,22-,23-/m1/s1. The molecule has 0 saturated heterocycles. The van der Waals surface area contributed by atoms with Gasteiger partial charge in [0.05, 0.1) is 0 Å². The van der Waals surface area contributed by atoms with Crippen molar-refractivity contribution < 1.29 is 9.53 Å². The Bertz CT molecular complexity index is 526. The number of Topliss-reactive ketones (excluding diaryl/α,β-unsaturated/α-hetero) is 1. The summed E-state index contributed by atoms with van der Waals surface area (Å²) >= 11 is 0. The van der Waals surface area contributed by atoms with Gasteiger partial charge >= 0.3 is 0 Å². The van der Waals surface area contributed by atoms with E-state index in [0.29, 0.717) is 22.5 Å². The van der Waals surface area contributed by atoms with E-state index in [1.54, 1.807) is 0 Å². The van der Waals surface area contributed by atoms with Crippen LogP contribution in [0.5, 0.6) is 0 Å². The van der Waals surface area contributed by atoms with E-state index in [1.807, 2.05) is 14.0 Å². The Morgan fingerprint density at radius 3 is 2.52 bits per heavy atom. The molecule has 4 rings (SSSR count). The average molecular weight is 347 g/mol. The van der Waals surface area contributed by atoms with Gasteiger partial charge in [-0.1, -0.05) is 20.3 Å². The van der Waals surface area contributed by atoms with Gasteiger partial charge in [-0.3, -0.25) is 4.79 Å². The second-order valence-electron chi connectivity index (χ2n) is 10.4. The van der Waals surface area contributed by atoms with Gasteiger partial charge in [-0.2, -0.15) is 0 Å². The highest BCUT2D eigenvalue weighted by Gasteiger charge is 2.62. The quantitative estimate of drug-likeness (QED) is 0.675. The van der Waals surface area contributed by atoms with Crippen LogP contribution >= 0.6 is 0 Å². The zero-order valence-corrected chi connectivity index (χ0v) is 16.9. The smallest absolute Gasteiger partial charge is 0.133 e. The Morgan fingerprint density at radius 1 is 1.00 bits per heavy atom. The third kappa shape index (κ3) is 2.49. The first kappa shape index (κ1) is 18.0. The summed E-state index contributed by atoms with van der Waals surface area (Å²) in [5, 5.41) is 0. The fourth-order valence-corrected chi connectivity index (χ4v) is 8.61. The largest absolute Gasteiger partial charge is 0.384 e. The van der Waals surface area contributed by atoms with E-state index in [-0.39, 0.29) is 0 Å². The van der Waals surface area contributed by atoms with Crippen molar-refractivity contribution in [2.75, 3.05) is 13.7 Å². The van der Waals surface area contributed by atoms with Gasteiger partial charge in [0.1, 0.15) is 5.78 Å². The summed E-state index contributed by atoms with van der Waals surface area (Å²) in [6.07, 6.45) is 12.2. The average Bonchev–Trinajstić information content (AvgIpc) is 2.93. The van der Waals surface area contributed by atoms with Crippen molar-refractivity contribution in [1.29, 1.82) is 0 Å². The minimum Gasteiger partial charge on any atom is -0.384 e. The molecule has 0 amide bonds. The summed E-state index contributed by atoms with van der Waals surface area (Å²) in [6.45, 7) is 7.90. The Hall–Kier alpha value is -0.370. The van der Waals surface area contributed by atoms with E-state index >= 15 is 0 Å². The molecule has 4 fully saturated rings. The van der Waals surface area contributed by atoms with Crippen molar-refractivity contribution in [3.63, 3.8) is 0 Å². The van der Waals surface area contributed by atoms with Gasteiger partial charge in [-0.25, -0.2) is 0 Å². The molecule has 142 valence electrons. The summed E-state index contributed by atoms with van der Waals surface area (Å²) in [5.74, 6) is 4.99. The summed E-state index contributed by atoms with van der Waals surface area (Å²) in [6, 6.07) is 0. The number of carbonyl (C=O) groups excluding carboxylic acids is 1. The van der Waals surface area contributed by atoms with E-state index in [4.69, 9.17) is 4.74 Å². The molecule has 4 saturated carbocycles. The van der Waals surface area contributed by atoms with Gasteiger partial charge in [0, 0.05) is 19.6 Å². The molecule has 0 aromatic carbocycles. The molecule has 0 aliphatic heterocycles. The lowest BCUT2D eigenvalue weighted by Crippen LogP contribution is -2.56. The third-order valence-corrected chi connectivity index (χ3v) is 9.81. The van der Waals surface area contributed by atoms with Gasteiger partial charge in [-0.15, -0.1) is 0 Å². The predicted octanol–water partition coefficient (Wildman–Crippen LogP) is 5.50. The van der Waals surface area contributed by atoms with Crippen molar-refractivity contribution in [3.8, 4) is 0 Å². The molecule has 0 bridgehead atoms. The van der Waals surface area contributed by atoms with Crippen molar-refractivity contribution >= 4 is 5.78 Å². The van der Waals surface area contributed by atoms with Crippen LogP contribution in [0.3, 0.4) is 0 Å². The van der Waals surface area contributed by atoms with Crippen LogP contribution in [-0.2, 0) is 9.53 Å². The van der Waals surface area contributed by atoms with Crippen LogP contribution in [-0.4, -0.2) is 19.5 Å². The number of ether oxygens (including phenoxy) is 1. The zero-order chi connectivity index (χ0) is 17.8. The fraction of sp³-hybridized carbons (Fsp3) is 0.957. The Labute approximate surface area is 154 Å². The van der Waals surface area contributed by atoms with E-state index in [2.05, 4.69) is 13.8 Å². The zero-order valence-electron chi connectivity index (χ0n) is 16.9. The first-order chi connectivity index (χ1) is 11.9. The fourth-order valence-electron chi connectivity index (χ4n) is 8.61. The Balaban J connectivity index is 1.64. The number of hydrogen-bond acceptors (Lipinski definition) is 2. The number of hydrogen-bond donors (Lipinski definition) is 0. The summed E-state index contributed by atoms with van der Waals surface area (Å²) in [5.41, 5.74) is 0.772. The third-order valence-electron chi connectivity index (χ3n) is 9.81. The van der Waals surface area contributed by atoms with Gasteiger partial charge in [0.2, 0.25) is 0 Å². The molecule has 0 N–H and O–H groups in total. The minimum atomic E-state index is 0.293. The van der Waals surface area contributed by atoms with Gasteiger partial charge in [0.25, 0.3) is 0 Å². The number of rotatable bonds is 3. The van der Waals surface area contributed by atoms with E-state index in [1.165, 1.54) is 51.4 Å². The predicted molar refractivity (Wildman–Crippen MR) is 101 cm³/mol. The molecular formula is C23H38O2. The maximum atomic E-state index is 12.3. The lowest BCUT2D eigenvalue weighted by Gasteiger charge is -2.62. The molecule has 8 atom stereocenters. The van der Waals surface area contributed by atoms with Gasteiger partial charge in [0.15, 0.2) is 0 Å². The van der Waals surface area contributed by atoms with Gasteiger partial charge < -0.3 is 4.74 Å². The lowest BCUT2D eigenvalue weighted by molar-refractivity contribution is -0.151. The number of methoxy groups -OCH3 is 1. The molecule has 25 heavy (non-hydrogen) atoms. The molecule has 0 heterocycles. The highest BCUT2D eigenvalue weighted by Crippen LogP contribution is 2.68. The summed E-state index contributed by atoms with van der Waals surface area (Å²) < 4.78 is 5.69. The van der Waals surface area contributed by atoms with Crippen molar-refractivity contribution in [3.05, 3.63) is 0 Å². The number of carbonyl (C=O) groups is 1. The second-order valence-corrected chi connectivity index (χ2v) is 10.4. The summed E-state index contributed by atoms with van der Waals surface area (Å²) in [7, 11) is 1.89. The normalized spacial score (nSPS) is 52.2. The Kier molecular flexibility index (Phi) is 4.58. The first-order valence-electron chi connectivity index (χ1n) is 10.9. The Morgan fingerprint density at radius 2 is 1.80 bits per heavy atom. The van der Waals surface area contributed by atoms with Crippen LogP contribution in [0.4, 0.5) is 0 Å². The number of fused-ring (bicyclic) bond motifs is 5. The van der Waals surface area contributed by atoms with Crippen molar-refractivity contribution in [1.82, 2.24) is 0 Å². The molecule has 0 aromatic heterocycles. The maximum absolute atomic E-state index is 12.3.